The molecule has 1 aliphatic heterocycles. The van der Waals surface area contributed by atoms with E-state index in [1.54, 1.807) is 13.8 Å². The zero-order valence-corrected chi connectivity index (χ0v) is 18.3. The number of carbonyl (C=O) groups excluding carboxylic acids is 4. The molecule has 170 valence electrons. The highest BCUT2D eigenvalue weighted by Gasteiger charge is 2.56. The van der Waals surface area contributed by atoms with Crippen molar-refractivity contribution in [3.8, 4) is 0 Å². The van der Waals surface area contributed by atoms with E-state index in [0.717, 1.165) is 24.8 Å². The Morgan fingerprint density at radius 2 is 1.97 bits per heavy atom. The van der Waals surface area contributed by atoms with Crippen LogP contribution in [0, 0.1) is 23.2 Å². The minimum atomic E-state index is -1.07. The first-order chi connectivity index (χ1) is 15.3. The third kappa shape index (κ3) is 4.26. The monoisotopic (exact) mass is 440 g/mol. The number of nitrogens with one attached hydrogen (secondary N) is 1. The molecule has 1 heterocycles. The minimum absolute atomic E-state index is 0.0298. The van der Waals surface area contributed by atoms with Gasteiger partial charge in [-0.05, 0) is 36.7 Å². The van der Waals surface area contributed by atoms with Crippen LogP contribution in [0.3, 0.4) is 0 Å². The molecular weight excluding hydrogens is 412 g/mol. The Bertz CT molecular complexity index is 943. The number of hydrogen-bond donors (Lipinski definition) is 1. The number of imide groups is 1. The number of carbonyl (C=O) groups is 4. The molecule has 8 nitrogen and oxygen atoms in total. The maximum absolute atomic E-state index is 13.0. The fraction of sp³-hybridized carbons (Fsp3) is 0.500. The molecule has 3 aliphatic rings. The van der Waals surface area contributed by atoms with E-state index in [1.807, 2.05) is 30.3 Å². The maximum Gasteiger partial charge on any atom is 0.408 e. The lowest BCUT2D eigenvalue weighted by Gasteiger charge is -2.29. The van der Waals surface area contributed by atoms with Crippen LogP contribution in [0.2, 0.25) is 0 Å². The van der Waals surface area contributed by atoms with Gasteiger partial charge in [-0.2, -0.15) is 0 Å². The van der Waals surface area contributed by atoms with Gasteiger partial charge in [-0.15, -0.1) is 5.06 Å². The van der Waals surface area contributed by atoms with E-state index in [2.05, 4.69) is 17.5 Å². The molecule has 1 aromatic rings. The summed E-state index contributed by atoms with van der Waals surface area (Å²) in [7, 11) is 0. The minimum Gasteiger partial charge on any atom is -0.445 e. The van der Waals surface area contributed by atoms with Gasteiger partial charge in [0, 0.05) is 11.8 Å². The van der Waals surface area contributed by atoms with Crippen LogP contribution in [-0.4, -0.2) is 35.0 Å². The molecule has 8 heteroatoms. The van der Waals surface area contributed by atoms with Crippen molar-refractivity contribution in [2.24, 2.45) is 23.2 Å². The van der Waals surface area contributed by atoms with Gasteiger partial charge in [0.25, 0.3) is 11.8 Å². The molecule has 0 spiro atoms. The van der Waals surface area contributed by atoms with Crippen LogP contribution in [-0.2, 0) is 30.6 Å². The summed E-state index contributed by atoms with van der Waals surface area (Å²) >= 11 is 0. The molecule has 2 fully saturated rings. The quantitative estimate of drug-likeness (QED) is 0.516. The molecule has 4 atom stereocenters. The zero-order valence-electron chi connectivity index (χ0n) is 18.3. The number of hydroxylamine groups is 2. The van der Waals surface area contributed by atoms with Crippen LogP contribution < -0.4 is 5.32 Å². The lowest BCUT2D eigenvalue weighted by Crippen LogP contribution is -2.48. The Morgan fingerprint density at radius 3 is 2.56 bits per heavy atom. The number of fused-ring (bicyclic) bond motifs is 2. The van der Waals surface area contributed by atoms with Crippen LogP contribution >= 0.6 is 0 Å². The Labute approximate surface area is 186 Å². The molecule has 1 saturated heterocycles. The number of ether oxygens (including phenoxy) is 1. The predicted molar refractivity (Wildman–Crippen MR) is 113 cm³/mol. The Morgan fingerprint density at radius 1 is 1.22 bits per heavy atom. The summed E-state index contributed by atoms with van der Waals surface area (Å²) in [5, 5.41) is 3.08. The second-order valence-corrected chi connectivity index (χ2v) is 9.22. The third-order valence-electron chi connectivity index (χ3n) is 6.71. The summed E-state index contributed by atoms with van der Waals surface area (Å²) in [6.07, 6.45) is 6.17. The first-order valence-corrected chi connectivity index (χ1v) is 11.0. The van der Waals surface area contributed by atoms with Gasteiger partial charge >= 0.3 is 12.1 Å². The molecular formula is C24H28N2O6. The van der Waals surface area contributed by atoms with Crippen molar-refractivity contribution < 1.29 is 28.8 Å². The van der Waals surface area contributed by atoms with Crippen LogP contribution in [0.4, 0.5) is 4.79 Å². The average Bonchev–Trinajstić information content (AvgIpc) is 3.47. The molecule has 3 unspecified atom stereocenters. The maximum atomic E-state index is 13.0. The fourth-order valence-corrected chi connectivity index (χ4v) is 4.91. The number of nitrogens with zero attached hydrogens (tertiary/aromatic N) is 1. The van der Waals surface area contributed by atoms with Gasteiger partial charge < -0.3 is 14.9 Å². The molecule has 1 aromatic carbocycles. The summed E-state index contributed by atoms with van der Waals surface area (Å²) in [4.78, 5) is 55.7. The van der Waals surface area contributed by atoms with Crippen molar-refractivity contribution in [1.29, 1.82) is 0 Å². The highest BCUT2D eigenvalue weighted by atomic mass is 16.7. The van der Waals surface area contributed by atoms with E-state index in [4.69, 9.17) is 9.57 Å². The van der Waals surface area contributed by atoms with Gasteiger partial charge in [-0.1, -0.05) is 56.3 Å². The van der Waals surface area contributed by atoms with E-state index in [9.17, 15) is 19.2 Å². The smallest absolute Gasteiger partial charge is 0.408 e. The van der Waals surface area contributed by atoms with E-state index < -0.39 is 35.8 Å². The lowest BCUT2D eigenvalue weighted by molar-refractivity contribution is -0.200. The summed E-state index contributed by atoms with van der Waals surface area (Å²) in [6, 6.07) is 8.07. The second kappa shape index (κ2) is 8.76. The van der Waals surface area contributed by atoms with Gasteiger partial charge in [0.2, 0.25) is 0 Å². The zero-order chi connectivity index (χ0) is 22.9. The first-order valence-electron chi connectivity index (χ1n) is 11.0. The number of allylic oxidation sites excluding steroid dienone is 2. The largest absolute Gasteiger partial charge is 0.445 e. The van der Waals surface area contributed by atoms with Gasteiger partial charge in [-0.3, -0.25) is 9.59 Å². The predicted octanol–water partition coefficient (Wildman–Crippen LogP) is 3.13. The molecule has 0 aromatic heterocycles. The highest BCUT2D eigenvalue weighted by Crippen LogP contribution is 2.56. The van der Waals surface area contributed by atoms with E-state index in [1.165, 1.54) is 0 Å². The van der Waals surface area contributed by atoms with Crippen LogP contribution in [0.1, 0.15) is 45.1 Å². The first kappa shape index (κ1) is 22.0. The third-order valence-corrected chi connectivity index (χ3v) is 6.71. The molecule has 0 radical (unpaired) electrons. The van der Waals surface area contributed by atoms with Crippen molar-refractivity contribution in [3.05, 3.63) is 48.0 Å². The van der Waals surface area contributed by atoms with Crippen LogP contribution in [0.5, 0.6) is 0 Å². The van der Waals surface area contributed by atoms with Crippen LogP contribution in [0.25, 0.3) is 0 Å². The van der Waals surface area contributed by atoms with Crippen molar-refractivity contribution in [2.75, 3.05) is 0 Å². The highest BCUT2D eigenvalue weighted by molar-refractivity contribution is 6.04. The van der Waals surface area contributed by atoms with Gasteiger partial charge in [0.15, 0.2) is 0 Å². The number of amides is 3. The average molecular weight is 440 g/mol. The van der Waals surface area contributed by atoms with E-state index >= 15 is 0 Å². The second-order valence-electron chi connectivity index (χ2n) is 9.22. The Balaban J connectivity index is 1.36. The Hall–Kier alpha value is -3.16. The lowest BCUT2D eigenvalue weighted by atomic mass is 9.74. The normalized spacial score (nSPS) is 27.2. The number of alkyl carbamates (subject to hydrolysis) is 1. The molecule has 1 saturated carbocycles. The van der Waals surface area contributed by atoms with Crippen molar-refractivity contribution >= 4 is 23.9 Å². The van der Waals surface area contributed by atoms with E-state index in [-0.39, 0.29) is 24.4 Å². The summed E-state index contributed by atoms with van der Waals surface area (Å²) in [5.41, 5.74) is 0.496. The topological polar surface area (TPSA) is 102 Å². The number of rotatable bonds is 7. The molecule has 4 rings (SSSR count). The van der Waals surface area contributed by atoms with Crippen molar-refractivity contribution in [3.63, 3.8) is 0 Å². The van der Waals surface area contributed by atoms with Crippen molar-refractivity contribution in [1.82, 2.24) is 10.4 Å². The molecule has 2 aliphatic carbocycles. The summed E-state index contributed by atoms with van der Waals surface area (Å²) < 4.78 is 5.18. The van der Waals surface area contributed by atoms with Crippen LogP contribution in [0.15, 0.2) is 42.5 Å². The summed E-state index contributed by atoms with van der Waals surface area (Å²) in [6.45, 7) is 3.50. The number of hydrogen-bond acceptors (Lipinski definition) is 6. The molecule has 1 N–H and O–H groups in total. The van der Waals surface area contributed by atoms with Gasteiger partial charge in [0.1, 0.15) is 12.6 Å². The standard InChI is InChI=1S/C24H28N2O6/c1-15(2)20(25-23(30)31-14-17-6-4-3-5-7-17)22(29)32-26-19(27)12-18(21(26)28)24-10-8-16(13-24)9-11-24/h3-8,10,15-16,18,20H,9,11-14H2,1-2H3,(H,25,30)/t16?,18?,20-,24?/m0/s1. The molecule has 2 bridgehead atoms. The summed E-state index contributed by atoms with van der Waals surface area (Å²) in [5.74, 6) is -2.27. The SMILES string of the molecule is CC(C)[C@H](NC(=O)OCc1ccccc1)C(=O)ON1C(=O)CC(C23C=CC(CC2)C3)C1=O. The molecule has 32 heavy (non-hydrogen) atoms. The van der Waals surface area contributed by atoms with E-state index in [0.29, 0.717) is 11.0 Å². The van der Waals surface area contributed by atoms with Gasteiger partial charge in [0.05, 0.1) is 5.92 Å². The Kier molecular flexibility index (Phi) is 6.04. The fourth-order valence-electron chi connectivity index (χ4n) is 4.91. The van der Waals surface area contributed by atoms with Crippen molar-refractivity contribution in [2.45, 2.75) is 52.2 Å². The number of benzene rings is 1. The molecule has 3 amide bonds. The van der Waals surface area contributed by atoms with Gasteiger partial charge in [-0.25, -0.2) is 9.59 Å².